The van der Waals surface area contributed by atoms with Crippen molar-refractivity contribution >= 4 is 43.9 Å². The third-order valence-corrected chi connectivity index (χ3v) is 5.29. The van der Waals surface area contributed by atoms with Gasteiger partial charge in [-0.1, -0.05) is 39.3 Å². The fourth-order valence-electron chi connectivity index (χ4n) is 3.32. The van der Waals surface area contributed by atoms with Gasteiger partial charge in [-0.05, 0) is 31.3 Å². The van der Waals surface area contributed by atoms with Crippen molar-refractivity contribution < 1.29 is 15.1 Å². The van der Waals surface area contributed by atoms with Crippen LogP contribution in [0.15, 0.2) is 57.1 Å². The molecule has 0 atom stereocenters. The number of oxime groups is 1. The third-order valence-electron chi connectivity index (χ3n) is 4.80. The number of aromatic hydroxyl groups is 1. The van der Waals surface area contributed by atoms with Crippen molar-refractivity contribution in [3.8, 4) is 5.88 Å². The third kappa shape index (κ3) is 3.91. The second-order valence-electron chi connectivity index (χ2n) is 6.82. The molecule has 0 saturated heterocycles. The van der Waals surface area contributed by atoms with Crippen molar-refractivity contribution in [1.29, 1.82) is 0 Å². The highest BCUT2D eigenvalue weighted by Crippen LogP contribution is 2.36. The summed E-state index contributed by atoms with van der Waals surface area (Å²) in [5.74, 6) is 0.0417. The van der Waals surface area contributed by atoms with E-state index in [-0.39, 0.29) is 12.5 Å². The van der Waals surface area contributed by atoms with Crippen LogP contribution in [0, 0.1) is 0 Å². The van der Waals surface area contributed by atoms with Gasteiger partial charge in [0.05, 0.1) is 17.9 Å². The molecule has 1 aliphatic heterocycles. The van der Waals surface area contributed by atoms with Crippen molar-refractivity contribution in [2.45, 2.75) is 0 Å². The molecule has 0 bridgehead atoms. The lowest BCUT2D eigenvalue weighted by Crippen LogP contribution is -2.26. The number of hydrogen-bond donors (Lipinski definition) is 3. The molecule has 4 rings (SSSR count). The van der Waals surface area contributed by atoms with Gasteiger partial charge in [0.25, 0.3) is 0 Å². The van der Waals surface area contributed by atoms with Crippen molar-refractivity contribution in [2.24, 2.45) is 10.1 Å². The molecule has 0 radical (unpaired) electrons. The van der Waals surface area contributed by atoms with Gasteiger partial charge in [-0.2, -0.15) is 0 Å². The van der Waals surface area contributed by atoms with E-state index in [9.17, 15) is 5.11 Å². The summed E-state index contributed by atoms with van der Waals surface area (Å²) in [5.41, 5.74) is 4.20. The average molecular weight is 457 g/mol. The first-order chi connectivity index (χ1) is 14.1. The van der Waals surface area contributed by atoms with E-state index < -0.39 is 0 Å². The van der Waals surface area contributed by atoms with Crippen molar-refractivity contribution in [1.82, 2.24) is 9.88 Å². The summed E-state index contributed by atoms with van der Waals surface area (Å²) in [6, 6.07) is 13.4. The van der Waals surface area contributed by atoms with E-state index in [1.807, 2.05) is 54.4 Å². The number of hydrogen-bond acceptors (Lipinski definition) is 6. The number of likely N-dealkylation sites (N-methyl/N-ethyl adjacent to an activating group) is 1. The first-order valence-electron chi connectivity index (χ1n) is 9.27. The lowest BCUT2D eigenvalue weighted by Gasteiger charge is -2.13. The standard InChI is InChI=1S/C21H21BrN4O3/c1-26(8-10-27)9-11-29-25-19-14-4-2-3-5-16(14)23-20(19)18-15-12-13(22)6-7-17(15)24-21(18)28/h2-7,12,24,27-28H,8-11H2,1H3/b25-19+. The number of rotatable bonds is 7. The molecule has 0 fully saturated rings. The highest BCUT2D eigenvalue weighted by atomic mass is 79.9. The van der Waals surface area contributed by atoms with Crippen molar-refractivity contribution in [2.75, 3.05) is 33.4 Å². The number of nitrogens with zero attached hydrogens (tertiary/aromatic N) is 3. The minimum absolute atomic E-state index is 0.0417. The zero-order valence-corrected chi connectivity index (χ0v) is 17.5. The van der Waals surface area contributed by atoms with Gasteiger partial charge < -0.3 is 24.9 Å². The number of H-pyrrole nitrogens is 1. The topological polar surface area (TPSA) is 93.4 Å². The molecule has 7 nitrogen and oxygen atoms in total. The van der Waals surface area contributed by atoms with Crippen LogP contribution in [0.4, 0.5) is 5.69 Å². The van der Waals surface area contributed by atoms with Crippen LogP contribution in [0.2, 0.25) is 0 Å². The van der Waals surface area contributed by atoms with Gasteiger partial charge in [-0.3, -0.25) is 0 Å². The molecule has 2 heterocycles. The summed E-state index contributed by atoms with van der Waals surface area (Å²) in [6.45, 7) is 1.69. The molecule has 0 aliphatic carbocycles. The molecule has 0 saturated carbocycles. The molecule has 29 heavy (non-hydrogen) atoms. The molecule has 1 aromatic heterocycles. The molecule has 1 aliphatic rings. The normalized spacial score (nSPS) is 14.6. The molecule has 0 unspecified atom stereocenters. The SMILES string of the molecule is CN(CCO)CCO/N=C1/C(c2c(O)[nH]c3ccc(Br)cc23)=Nc2ccccc21. The lowest BCUT2D eigenvalue weighted by molar-refractivity contribution is 0.112. The number of aromatic amines is 1. The van der Waals surface area contributed by atoms with E-state index in [0.717, 1.165) is 26.6 Å². The fourth-order valence-corrected chi connectivity index (χ4v) is 3.68. The van der Waals surface area contributed by atoms with Crippen LogP contribution in [-0.2, 0) is 4.84 Å². The summed E-state index contributed by atoms with van der Waals surface area (Å²) < 4.78 is 0.906. The molecular weight excluding hydrogens is 436 g/mol. The van der Waals surface area contributed by atoms with Crippen LogP contribution >= 0.6 is 15.9 Å². The Morgan fingerprint density at radius 1 is 1.21 bits per heavy atom. The predicted molar refractivity (Wildman–Crippen MR) is 117 cm³/mol. The number of halogens is 1. The number of aliphatic hydroxyl groups excluding tert-OH is 1. The number of aliphatic imine (C=N–C) groups is 1. The Labute approximate surface area is 176 Å². The van der Waals surface area contributed by atoms with Gasteiger partial charge in [-0.15, -0.1) is 0 Å². The van der Waals surface area contributed by atoms with E-state index in [4.69, 9.17) is 14.9 Å². The highest BCUT2D eigenvalue weighted by molar-refractivity contribution is 9.10. The molecule has 3 aromatic rings. The summed E-state index contributed by atoms with van der Waals surface area (Å²) in [7, 11) is 1.91. The molecule has 150 valence electrons. The number of para-hydroxylation sites is 1. The minimum atomic E-state index is 0.0417. The fraction of sp³-hybridized carbons (Fsp3) is 0.238. The molecule has 8 heteroatoms. The van der Waals surface area contributed by atoms with E-state index >= 15 is 0 Å². The molecule has 0 spiro atoms. The number of aliphatic hydroxyl groups is 1. The smallest absolute Gasteiger partial charge is 0.199 e. The van der Waals surface area contributed by atoms with Gasteiger partial charge in [0, 0.05) is 34.0 Å². The maximum absolute atomic E-state index is 10.6. The quantitative estimate of drug-likeness (QED) is 0.375. The summed E-state index contributed by atoms with van der Waals surface area (Å²) in [4.78, 5) is 15.3. The summed E-state index contributed by atoms with van der Waals surface area (Å²) in [6.07, 6.45) is 0. The molecule has 2 aromatic carbocycles. The van der Waals surface area contributed by atoms with E-state index in [1.165, 1.54) is 0 Å². The Bertz CT molecular complexity index is 1110. The monoisotopic (exact) mass is 456 g/mol. The van der Waals surface area contributed by atoms with E-state index in [1.54, 1.807) is 0 Å². The number of aromatic nitrogens is 1. The Balaban J connectivity index is 1.70. The number of fused-ring (bicyclic) bond motifs is 2. The van der Waals surface area contributed by atoms with Crippen LogP contribution in [-0.4, -0.2) is 64.9 Å². The summed E-state index contributed by atoms with van der Waals surface area (Å²) in [5, 5.41) is 24.8. The molecule has 3 N–H and O–H groups in total. The van der Waals surface area contributed by atoms with Crippen LogP contribution in [0.5, 0.6) is 5.88 Å². The number of nitrogens with one attached hydrogen (secondary N) is 1. The molecule has 0 amide bonds. The Kier molecular flexibility index (Phi) is 5.66. The number of benzene rings is 2. The zero-order valence-electron chi connectivity index (χ0n) is 15.9. The van der Waals surface area contributed by atoms with Gasteiger partial charge >= 0.3 is 0 Å². The van der Waals surface area contributed by atoms with Crippen LogP contribution in [0.25, 0.3) is 10.9 Å². The second-order valence-corrected chi connectivity index (χ2v) is 7.73. The Morgan fingerprint density at radius 3 is 2.86 bits per heavy atom. The predicted octanol–water partition coefficient (Wildman–Crippen LogP) is 3.42. The second kappa shape index (κ2) is 8.36. The van der Waals surface area contributed by atoms with Gasteiger partial charge in [0.2, 0.25) is 0 Å². The maximum Gasteiger partial charge on any atom is 0.199 e. The van der Waals surface area contributed by atoms with E-state index in [0.29, 0.717) is 36.7 Å². The minimum Gasteiger partial charge on any atom is -0.494 e. The van der Waals surface area contributed by atoms with E-state index in [2.05, 4.69) is 26.1 Å². The Hall–Kier alpha value is -2.68. The van der Waals surface area contributed by atoms with Gasteiger partial charge in [0.15, 0.2) is 5.88 Å². The van der Waals surface area contributed by atoms with Crippen LogP contribution in [0.3, 0.4) is 0 Å². The van der Waals surface area contributed by atoms with Crippen LogP contribution < -0.4 is 0 Å². The first kappa shape index (κ1) is 19.6. The summed E-state index contributed by atoms with van der Waals surface area (Å²) >= 11 is 3.49. The molecular formula is C21H21BrN4O3. The zero-order chi connectivity index (χ0) is 20.4. The lowest BCUT2D eigenvalue weighted by atomic mass is 10.0. The van der Waals surface area contributed by atoms with Gasteiger partial charge in [-0.25, -0.2) is 4.99 Å². The average Bonchev–Trinajstić information content (AvgIpc) is 3.21. The van der Waals surface area contributed by atoms with Crippen molar-refractivity contribution in [3.63, 3.8) is 0 Å². The Morgan fingerprint density at radius 2 is 2.03 bits per heavy atom. The van der Waals surface area contributed by atoms with Crippen LogP contribution in [0.1, 0.15) is 11.1 Å². The van der Waals surface area contributed by atoms with Crippen molar-refractivity contribution in [3.05, 3.63) is 58.1 Å². The first-order valence-corrected chi connectivity index (χ1v) is 10.1. The largest absolute Gasteiger partial charge is 0.494 e. The van der Waals surface area contributed by atoms with Gasteiger partial charge in [0.1, 0.15) is 18.0 Å². The highest BCUT2D eigenvalue weighted by Gasteiger charge is 2.29. The maximum atomic E-state index is 10.6.